The minimum Gasteiger partial charge on any atom is -0.406 e. The molecule has 5 rings (SSSR count). The number of benzene rings is 1. The number of aliphatic hydroxyl groups is 1. The number of likely N-dealkylation sites (tertiary alicyclic amines) is 1. The van der Waals surface area contributed by atoms with Crippen molar-refractivity contribution in [1.29, 1.82) is 0 Å². The Morgan fingerprint density at radius 2 is 1.69 bits per heavy atom. The molecule has 1 aromatic heterocycles. The number of alkyl halides is 3. The summed E-state index contributed by atoms with van der Waals surface area (Å²) in [6.45, 7) is 5.42. The summed E-state index contributed by atoms with van der Waals surface area (Å²) >= 11 is 0. The van der Waals surface area contributed by atoms with Crippen molar-refractivity contribution in [1.82, 2.24) is 9.88 Å². The predicted molar refractivity (Wildman–Crippen MR) is 115 cm³/mol. The second-order valence-electron chi connectivity index (χ2n) is 9.61. The molecule has 3 aliphatic rings. The topological polar surface area (TPSA) is 48.8 Å². The normalized spacial score (nSPS) is 23.0. The third kappa shape index (κ3) is 3.83. The van der Waals surface area contributed by atoms with Gasteiger partial charge in [0.1, 0.15) is 11.4 Å². The Labute approximate surface area is 185 Å². The van der Waals surface area contributed by atoms with Crippen molar-refractivity contribution in [2.24, 2.45) is 5.41 Å². The van der Waals surface area contributed by atoms with E-state index in [-0.39, 0.29) is 5.75 Å². The third-order valence-electron chi connectivity index (χ3n) is 7.16. The zero-order chi connectivity index (χ0) is 22.6. The maximum atomic E-state index is 12.6. The number of rotatable bonds is 6. The molecule has 0 amide bonds. The van der Waals surface area contributed by atoms with Crippen LogP contribution in [-0.2, 0) is 5.60 Å². The molecule has 1 N–H and O–H groups in total. The fourth-order valence-corrected chi connectivity index (χ4v) is 5.31. The number of aromatic nitrogens is 1. The van der Waals surface area contributed by atoms with Crippen LogP contribution in [0.3, 0.4) is 0 Å². The predicted octanol–water partition coefficient (Wildman–Crippen LogP) is 4.30. The molecule has 1 atom stereocenters. The summed E-state index contributed by atoms with van der Waals surface area (Å²) in [5.41, 5.74) is 0.303. The molecule has 0 radical (unpaired) electrons. The van der Waals surface area contributed by atoms with Gasteiger partial charge in [-0.1, -0.05) is 19.1 Å². The van der Waals surface area contributed by atoms with Gasteiger partial charge in [0.25, 0.3) is 0 Å². The number of pyridine rings is 1. The molecule has 5 nitrogen and oxygen atoms in total. The molecule has 2 aromatic rings. The highest BCUT2D eigenvalue weighted by molar-refractivity contribution is 5.51. The van der Waals surface area contributed by atoms with Gasteiger partial charge in [-0.05, 0) is 49.4 Å². The smallest absolute Gasteiger partial charge is 0.406 e. The molecule has 1 aromatic carbocycles. The molecule has 3 fully saturated rings. The van der Waals surface area contributed by atoms with E-state index in [4.69, 9.17) is 0 Å². The Bertz CT molecular complexity index is 965. The Hall–Kier alpha value is -2.32. The first kappa shape index (κ1) is 21.5. The van der Waals surface area contributed by atoms with Gasteiger partial charge >= 0.3 is 6.36 Å². The summed E-state index contributed by atoms with van der Waals surface area (Å²) in [7, 11) is 0. The summed E-state index contributed by atoms with van der Waals surface area (Å²) in [6.07, 6.45) is 3.37. The maximum Gasteiger partial charge on any atom is 0.573 e. The lowest BCUT2D eigenvalue weighted by Gasteiger charge is -2.57. The average Bonchev–Trinajstić information content (AvgIpc) is 3.42. The molecule has 1 aliphatic carbocycles. The van der Waals surface area contributed by atoms with Gasteiger partial charge in [-0.25, -0.2) is 0 Å². The fraction of sp³-hybridized carbons (Fsp3) is 0.542. The standard InChI is InChI=1S/C24H28F3N3O2/c1-22(15-30(16-22)19-6-7-19)23(31,17-4-8-21(9-5-17)32-24(25,26)27)18-12-20(14-28-13-18)29-10-2-3-11-29/h4-5,8-9,12-14,19,31H,2-3,6-7,10-11,15-16H2,1H3/t23-/m0/s1. The SMILES string of the molecule is CC1([C@](O)(c2ccc(OC(F)(F)F)cc2)c2cncc(N3CCCC3)c2)CN(C2CC2)C1. The Balaban J connectivity index is 1.52. The van der Waals surface area contributed by atoms with E-state index in [1.807, 2.05) is 12.3 Å². The molecule has 172 valence electrons. The van der Waals surface area contributed by atoms with Crippen LogP contribution in [0.25, 0.3) is 0 Å². The largest absolute Gasteiger partial charge is 0.573 e. The summed E-state index contributed by atoms with van der Waals surface area (Å²) in [5.74, 6) is -0.300. The van der Waals surface area contributed by atoms with Crippen molar-refractivity contribution >= 4 is 5.69 Å². The number of ether oxygens (including phenoxy) is 1. The van der Waals surface area contributed by atoms with Crippen molar-refractivity contribution in [2.45, 2.75) is 50.6 Å². The minimum atomic E-state index is -4.75. The van der Waals surface area contributed by atoms with Crippen LogP contribution in [0.15, 0.2) is 42.7 Å². The highest BCUT2D eigenvalue weighted by atomic mass is 19.4. The van der Waals surface area contributed by atoms with Crippen LogP contribution in [0.2, 0.25) is 0 Å². The van der Waals surface area contributed by atoms with Crippen molar-refractivity contribution in [3.05, 3.63) is 53.9 Å². The van der Waals surface area contributed by atoms with Gasteiger partial charge < -0.3 is 14.7 Å². The zero-order valence-corrected chi connectivity index (χ0v) is 18.1. The maximum absolute atomic E-state index is 12.6. The highest BCUT2D eigenvalue weighted by Crippen LogP contribution is 2.53. The Kier molecular flexibility index (Phi) is 5.13. The molecule has 0 unspecified atom stereocenters. The van der Waals surface area contributed by atoms with Gasteiger partial charge in [-0.2, -0.15) is 0 Å². The van der Waals surface area contributed by atoms with Gasteiger partial charge in [0.05, 0.1) is 11.9 Å². The monoisotopic (exact) mass is 447 g/mol. The van der Waals surface area contributed by atoms with E-state index < -0.39 is 17.4 Å². The minimum absolute atomic E-state index is 0.300. The first-order valence-corrected chi connectivity index (χ1v) is 11.2. The second kappa shape index (κ2) is 7.63. The van der Waals surface area contributed by atoms with Crippen LogP contribution in [0.4, 0.5) is 18.9 Å². The number of hydrogen-bond acceptors (Lipinski definition) is 5. The van der Waals surface area contributed by atoms with Crippen molar-refractivity contribution in [3.8, 4) is 5.75 Å². The Morgan fingerprint density at radius 1 is 1.03 bits per heavy atom. The molecule has 3 heterocycles. The number of anilines is 1. The van der Waals surface area contributed by atoms with Crippen molar-refractivity contribution in [2.75, 3.05) is 31.1 Å². The van der Waals surface area contributed by atoms with Gasteiger partial charge in [0.2, 0.25) is 0 Å². The summed E-state index contributed by atoms with van der Waals surface area (Å²) in [6, 6.07) is 8.19. The van der Waals surface area contributed by atoms with Gasteiger partial charge in [0.15, 0.2) is 0 Å². The van der Waals surface area contributed by atoms with E-state index in [1.54, 1.807) is 6.20 Å². The first-order valence-electron chi connectivity index (χ1n) is 11.2. The number of nitrogens with zero attached hydrogens (tertiary/aromatic N) is 3. The van der Waals surface area contributed by atoms with Crippen LogP contribution >= 0.6 is 0 Å². The van der Waals surface area contributed by atoms with Gasteiger partial charge in [0, 0.05) is 49.4 Å². The Morgan fingerprint density at radius 3 is 2.28 bits per heavy atom. The van der Waals surface area contributed by atoms with E-state index in [9.17, 15) is 18.3 Å². The molecule has 2 saturated heterocycles. The molecule has 32 heavy (non-hydrogen) atoms. The van der Waals surface area contributed by atoms with Crippen LogP contribution in [0, 0.1) is 5.41 Å². The average molecular weight is 448 g/mol. The van der Waals surface area contributed by atoms with E-state index in [0.29, 0.717) is 17.2 Å². The first-order chi connectivity index (χ1) is 15.2. The van der Waals surface area contributed by atoms with E-state index in [2.05, 4.69) is 26.4 Å². The molecule has 1 saturated carbocycles. The quantitative estimate of drug-likeness (QED) is 0.716. The van der Waals surface area contributed by atoms with Crippen LogP contribution < -0.4 is 9.64 Å². The van der Waals surface area contributed by atoms with Crippen LogP contribution in [0.5, 0.6) is 5.75 Å². The summed E-state index contributed by atoms with van der Waals surface area (Å²) in [4.78, 5) is 9.08. The van der Waals surface area contributed by atoms with E-state index in [0.717, 1.165) is 44.7 Å². The van der Waals surface area contributed by atoms with Gasteiger partial charge in [-0.3, -0.25) is 9.88 Å². The zero-order valence-electron chi connectivity index (χ0n) is 18.1. The number of hydrogen-bond donors (Lipinski definition) is 1. The molecule has 0 spiro atoms. The molecule has 2 aliphatic heterocycles. The molecular weight excluding hydrogens is 419 g/mol. The molecular formula is C24H28F3N3O2. The highest BCUT2D eigenvalue weighted by Gasteiger charge is 2.58. The molecule has 8 heteroatoms. The van der Waals surface area contributed by atoms with E-state index in [1.165, 1.54) is 37.1 Å². The third-order valence-corrected chi connectivity index (χ3v) is 7.16. The lowest BCUT2D eigenvalue weighted by atomic mass is 9.62. The van der Waals surface area contributed by atoms with Gasteiger partial charge in [-0.15, -0.1) is 13.2 Å². The summed E-state index contributed by atoms with van der Waals surface area (Å²) in [5, 5.41) is 12.3. The lowest BCUT2D eigenvalue weighted by molar-refractivity contribution is -0.274. The number of halogens is 3. The fourth-order valence-electron chi connectivity index (χ4n) is 5.31. The van der Waals surface area contributed by atoms with E-state index >= 15 is 0 Å². The lowest BCUT2D eigenvalue weighted by Crippen LogP contribution is -2.65. The van der Waals surface area contributed by atoms with Crippen LogP contribution in [0.1, 0.15) is 43.7 Å². The summed E-state index contributed by atoms with van der Waals surface area (Å²) < 4.78 is 41.9. The molecule has 0 bridgehead atoms. The second-order valence-corrected chi connectivity index (χ2v) is 9.61. The van der Waals surface area contributed by atoms with Crippen molar-refractivity contribution < 1.29 is 23.0 Å². The van der Waals surface area contributed by atoms with Crippen molar-refractivity contribution in [3.63, 3.8) is 0 Å². The van der Waals surface area contributed by atoms with Crippen LogP contribution in [-0.4, -0.2) is 53.6 Å².